The number of nitrogens with one attached hydrogen (secondary N) is 1. The average molecular weight is 298 g/mol. The number of carbonyl (C=O) groups is 1. The van der Waals surface area contributed by atoms with Crippen molar-refractivity contribution in [3.05, 3.63) is 22.8 Å². The minimum atomic E-state index is -0.0843. The number of anilines is 1. The van der Waals surface area contributed by atoms with E-state index in [0.717, 1.165) is 6.54 Å². The lowest BCUT2D eigenvalue weighted by Gasteiger charge is -2.35. The first kappa shape index (κ1) is 16.8. The Labute approximate surface area is 126 Å². The van der Waals surface area contributed by atoms with Crippen molar-refractivity contribution in [2.45, 2.75) is 40.7 Å². The number of hydrogen-bond acceptors (Lipinski definition) is 3. The van der Waals surface area contributed by atoms with E-state index in [0.29, 0.717) is 16.4 Å². The van der Waals surface area contributed by atoms with Crippen molar-refractivity contribution >= 4 is 23.3 Å². The summed E-state index contributed by atoms with van der Waals surface area (Å²) in [7, 11) is 1.81. The van der Waals surface area contributed by atoms with Crippen LogP contribution in [0.1, 0.15) is 45.0 Å². The maximum atomic E-state index is 12.6. The van der Waals surface area contributed by atoms with E-state index in [1.807, 2.05) is 20.9 Å². The van der Waals surface area contributed by atoms with Gasteiger partial charge in [0.05, 0.1) is 10.6 Å². The molecule has 1 unspecified atom stereocenters. The van der Waals surface area contributed by atoms with Gasteiger partial charge in [-0.05, 0) is 25.3 Å². The normalized spacial score (nSPS) is 12.9. The van der Waals surface area contributed by atoms with Crippen molar-refractivity contribution in [1.82, 2.24) is 9.88 Å². The van der Waals surface area contributed by atoms with E-state index in [-0.39, 0.29) is 17.4 Å². The van der Waals surface area contributed by atoms with Gasteiger partial charge in [0, 0.05) is 25.8 Å². The Morgan fingerprint density at radius 2 is 2.10 bits per heavy atom. The number of hydrogen-bond donors (Lipinski definition) is 1. The second-order valence-corrected chi connectivity index (χ2v) is 6.44. The first-order valence-electron chi connectivity index (χ1n) is 6.85. The largest absolute Gasteiger partial charge is 0.370 e. The van der Waals surface area contributed by atoms with Gasteiger partial charge < -0.3 is 10.2 Å². The second-order valence-electron chi connectivity index (χ2n) is 6.04. The molecule has 20 heavy (non-hydrogen) atoms. The summed E-state index contributed by atoms with van der Waals surface area (Å²) in [5, 5.41) is 3.47. The van der Waals surface area contributed by atoms with Gasteiger partial charge in [-0.15, -0.1) is 0 Å². The van der Waals surface area contributed by atoms with Gasteiger partial charge in [-0.3, -0.25) is 4.79 Å². The SMILES string of the molecule is CCNc1cc(C(=O)N(C)C(C)C(C)(C)C)c(Cl)cn1. The summed E-state index contributed by atoms with van der Waals surface area (Å²) >= 11 is 6.12. The maximum absolute atomic E-state index is 12.6. The zero-order valence-electron chi connectivity index (χ0n) is 13.1. The molecular formula is C15H24ClN3O. The number of pyridine rings is 1. The summed E-state index contributed by atoms with van der Waals surface area (Å²) in [5.41, 5.74) is 0.491. The first-order chi connectivity index (χ1) is 9.18. The fourth-order valence-electron chi connectivity index (χ4n) is 1.83. The predicted octanol–water partition coefficient (Wildman–Crippen LogP) is 3.67. The zero-order valence-corrected chi connectivity index (χ0v) is 13.9. The van der Waals surface area contributed by atoms with E-state index in [1.165, 1.54) is 6.20 Å². The molecule has 1 aromatic heterocycles. The maximum Gasteiger partial charge on any atom is 0.255 e. The van der Waals surface area contributed by atoms with Crippen LogP contribution in [0, 0.1) is 5.41 Å². The highest BCUT2D eigenvalue weighted by atomic mass is 35.5. The van der Waals surface area contributed by atoms with Crippen LogP contribution in [0.15, 0.2) is 12.3 Å². The Morgan fingerprint density at radius 3 is 2.60 bits per heavy atom. The summed E-state index contributed by atoms with van der Waals surface area (Å²) < 4.78 is 0. The summed E-state index contributed by atoms with van der Waals surface area (Å²) in [6, 6.07) is 1.81. The molecule has 0 aliphatic carbocycles. The number of rotatable bonds is 4. The molecule has 5 heteroatoms. The molecule has 0 aliphatic rings. The minimum Gasteiger partial charge on any atom is -0.370 e. The predicted molar refractivity (Wildman–Crippen MR) is 84.4 cm³/mol. The second kappa shape index (κ2) is 6.44. The monoisotopic (exact) mass is 297 g/mol. The Balaban J connectivity index is 3.05. The molecule has 1 N–H and O–H groups in total. The molecule has 112 valence electrons. The van der Waals surface area contributed by atoms with Crippen molar-refractivity contribution in [2.24, 2.45) is 5.41 Å². The third-order valence-electron chi connectivity index (χ3n) is 3.60. The van der Waals surface area contributed by atoms with Crippen LogP contribution in [-0.4, -0.2) is 35.4 Å². The number of carbonyl (C=O) groups excluding carboxylic acids is 1. The molecule has 1 heterocycles. The minimum absolute atomic E-state index is 0.00835. The molecule has 0 aromatic carbocycles. The van der Waals surface area contributed by atoms with Crippen LogP contribution in [0.3, 0.4) is 0 Å². The average Bonchev–Trinajstić information content (AvgIpc) is 2.37. The van der Waals surface area contributed by atoms with Gasteiger partial charge in [0.15, 0.2) is 0 Å². The van der Waals surface area contributed by atoms with Crippen LogP contribution >= 0.6 is 11.6 Å². The molecule has 1 atom stereocenters. The molecule has 0 saturated carbocycles. The van der Waals surface area contributed by atoms with Crippen molar-refractivity contribution in [2.75, 3.05) is 18.9 Å². The van der Waals surface area contributed by atoms with Crippen LogP contribution in [-0.2, 0) is 0 Å². The van der Waals surface area contributed by atoms with Gasteiger partial charge in [0.1, 0.15) is 5.82 Å². The molecule has 0 saturated heterocycles. The molecule has 1 rings (SSSR count). The van der Waals surface area contributed by atoms with E-state index < -0.39 is 0 Å². The number of amides is 1. The molecule has 1 amide bonds. The van der Waals surface area contributed by atoms with Gasteiger partial charge >= 0.3 is 0 Å². The van der Waals surface area contributed by atoms with E-state index in [9.17, 15) is 4.79 Å². The van der Waals surface area contributed by atoms with Crippen LogP contribution in [0.5, 0.6) is 0 Å². The van der Waals surface area contributed by atoms with E-state index in [2.05, 4.69) is 31.1 Å². The van der Waals surface area contributed by atoms with Crippen LogP contribution in [0.2, 0.25) is 5.02 Å². The van der Waals surface area contributed by atoms with E-state index >= 15 is 0 Å². The lowest BCUT2D eigenvalue weighted by molar-refractivity contribution is 0.0629. The van der Waals surface area contributed by atoms with Crippen LogP contribution < -0.4 is 5.32 Å². The molecular weight excluding hydrogens is 274 g/mol. The topological polar surface area (TPSA) is 45.2 Å². The summed E-state index contributed by atoms with van der Waals surface area (Å²) in [4.78, 5) is 18.5. The lowest BCUT2D eigenvalue weighted by Crippen LogP contribution is -2.43. The fourth-order valence-corrected chi connectivity index (χ4v) is 2.01. The summed E-state index contributed by atoms with van der Waals surface area (Å²) in [6.07, 6.45) is 1.52. The first-order valence-corrected chi connectivity index (χ1v) is 7.22. The Bertz CT molecular complexity index is 482. The van der Waals surface area contributed by atoms with E-state index in [4.69, 9.17) is 11.6 Å². The third kappa shape index (κ3) is 3.85. The summed E-state index contributed by atoms with van der Waals surface area (Å²) in [6.45, 7) is 11.1. The van der Waals surface area contributed by atoms with Gasteiger partial charge in [0.25, 0.3) is 5.91 Å². The Morgan fingerprint density at radius 1 is 1.50 bits per heavy atom. The zero-order chi connectivity index (χ0) is 15.5. The van der Waals surface area contributed by atoms with Gasteiger partial charge in [0.2, 0.25) is 0 Å². The standard InChI is InChI=1S/C15H24ClN3O/c1-7-17-13-8-11(12(16)9-18-13)14(20)19(6)10(2)15(3,4)5/h8-10H,7H2,1-6H3,(H,17,18). The fraction of sp³-hybridized carbons (Fsp3) is 0.600. The van der Waals surface area contributed by atoms with Gasteiger partial charge in [-0.1, -0.05) is 32.4 Å². The van der Waals surface area contributed by atoms with Gasteiger partial charge in [-0.2, -0.15) is 0 Å². The highest BCUT2D eigenvalue weighted by molar-refractivity contribution is 6.33. The highest BCUT2D eigenvalue weighted by Crippen LogP contribution is 2.26. The van der Waals surface area contributed by atoms with Crippen LogP contribution in [0.25, 0.3) is 0 Å². The van der Waals surface area contributed by atoms with Crippen LogP contribution in [0.4, 0.5) is 5.82 Å². The quantitative estimate of drug-likeness (QED) is 0.922. The highest BCUT2D eigenvalue weighted by Gasteiger charge is 2.28. The smallest absolute Gasteiger partial charge is 0.255 e. The Hall–Kier alpha value is -1.29. The van der Waals surface area contributed by atoms with Crippen molar-refractivity contribution < 1.29 is 4.79 Å². The molecule has 4 nitrogen and oxygen atoms in total. The number of nitrogens with zero attached hydrogens (tertiary/aromatic N) is 2. The van der Waals surface area contributed by atoms with Crippen molar-refractivity contribution in [3.63, 3.8) is 0 Å². The molecule has 0 fully saturated rings. The molecule has 0 bridgehead atoms. The van der Waals surface area contributed by atoms with Gasteiger partial charge in [-0.25, -0.2) is 4.98 Å². The molecule has 0 aliphatic heterocycles. The Kier molecular flexibility index (Phi) is 5.40. The van der Waals surface area contributed by atoms with Crippen molar-refractivity contribution in [1.29, 1.82) is 0 Å². The molecule has 1 aromatic rings. The third-order valence-corrected chi connectivity index (χ3v) is 3.90. The van der Waals surface area contributed by atoms with E-state index in [1.54, 1.807) is 11.0 Å². The summed E-state index contributed by atoms with van der Waals surface area (Å²) in [5.74, 6) is 0.580. The van der Waals surface area contributed by atoms with Crippen molar-refractivity contribution in [3.8, 4) is 0 Å². The number of halogens is 1. The molecule has 0 radical (unpaired) electrons. The number of aromatic nitrogens is 1. The lowest BCUT2D eigenvalue weighted by atomic mass is 9.87. The molecule has 0 spiro atoms.